The van der Waals surface area contributed by atoms with E-state index in [2.05, 4.69) is 10.2 Å². The Labute approximate surface area is 133 Å². The van der Waals surface area contributed by atoms with E-state index in [4.69, 9.17) is 9.47 Å². The van der Waals surface area contributed by atoms with Gasteiger partial charge in [0.2, 0.25) is 5.91 Å². The maximum atomic E-state index is 11.8. The zero-order chi connectivity index (χ0) is 16.7. The van der Waals surface area contributed by atoms with Gasteiger partial charge in [0, 0.05) is 37.5 Å². The highest BCUT2D eigenvalue weighted by Gasteiger charge is 2.15. The van der Waals surface area contributed by atoms with E-state index in [1.54, 1.807) is 12.1 Å². The number of morpholine rings is 1. The monoisotopic (exact) mass is 321 g/mol. The molecule has 1 amide bonds. The van der Waals surface area contributed by atoms with E-state index in [0.29, 0.717) is 25.4 Å². The number of benzene rings is 1. The Bertz CT molecular complexity index is 597. The van der Waals surface area contributed by atoms with Crippen LogP contribution in [-0.2, 0) is 9.53 Å². The largest absolute Gasteiger partial charge is 0.490 e. The third-order valence-corrected chi connectivity index (χ3v) is 3.38. The Morgan fingerprint density at radius 3 is 2.87 bits per heavy atom. The molecule has 0 saturated carbocycles. The number of carbonyl (C=O) groups is 1. The number of nitro groups is 1. The fourth-order valence-electron chi connectivity index (χ4n) is 2.19. The summed E-state index contributed by atoms with van der Waals surface area (Å²) in [5.41, 5.74) is 0.154. The lowest BCUT2D eigenvalue weighted by atomic mass is 10.2. The molecule has 0 bridgehead atoms. The molecule has 0 radical (unpaired) electrons. The molecular weight excluding hydrogens is 302 g/mol. The van der Waals surface area contributed by atoms with Crippen molar-refractivity contribution in [3.63, 3.8) is 0 Å². The molecule has 8 heteroatoms. The average molecular weight is 321 g/mol. The summed E-state index contributed by atoms with van der Waals surface area (Å²) in [6.07, 6.45) is 3.18. The lowest BCUT2D eigenvalue weighted by molar-refractivity contribution is -0.385. The number of hydrogen-bond acceptors (Lipinski definition) is 6. The summed E-state index contributed by atoms with van der Waals surface area (Å²) in [6.45, 7) is 3.76. The van der Waals surface area contributed by atoms with Crippen LogP contribution in [0, 0.1) is 10.1 Å². The van der Waals surface area contributed by atoms with Crippen LogP contribution in [0.25, 0.3) is 0 Å². The smallest absolute Gasteiger partial charge is 0.312 e. The van der Waals surface area contributed by atoms with Crippen LogP contribution in [0.5, 0.6) is 5.75 Å². The molecule has 2 rings (SSSR count). The molecule has 1 aliphatic heterocycles. The topological polar surface area (TPSA) is 93.9 Å². The minimum Gasteiger partial charge on any atom is -0.490 e. The lowest BCUT2D eigenvalue weighted by Crippen LogP contribution is -2.36. The molecule has 0 aliphatic carbocycles. The predicted molar refractivity (Wildman–Crippen MR) is 84.7 cm³/mol. The van der Waals surface area contributed by atoms with Gasteiger partial charge in [-0.1, -0.05) is 6.08 Å². The quantitative estimate of drug-likeness (QED) is 0.484. The van der Waals surface area contributed by atoms with E-state index in [-0.39, 0.29) is 17.3 Å². The molecule has 0 unspecified atom stereocenters. The second kappa shape index (κ2) is 8.25. The van der Waals surface area contributed by atoms with Crippen molar-refractivity contribution in [2.45, 2.75) is 0 Å². The summed E-state index contributed by atoms with van der Waals surface area (Å²) in [5.74, 6) is -0.186. The number of hydrogen-bond donors (Lipinski definition) is 1. The summed E-state index contributed by atoms with van der Waals surface area (Å²) < 4.78 is 10.2. The first kappa shape index (κ1) is 16.9. The van der Waals surface area contributed by atoms with Gasteiger partial charge < -0.3 is 14.8 Å². The number of amides is 1. The highest BCUT2D eigenvalue weighted by atomic mass is 16.6. The Balaban J connectivity index is 1.91. The maximum Gasteiger partial charge on any atom is 0.312 e. The van der Waals surface area contributed by atoms with Crippen LogP contribution >= 0.6 is 0 Å². The molecule has 23 heavy (non-hydrogen) atoms. The second-order valence-corrected chi connectivity index (χ2v) is 4.95. The Kier molecular flexibility index (Phi) is 6.07. The van der Waals surface area contributed by atoms with E-state index in [1.807, 2.05) is 0 Å². The number of carbonyl (C=O) groups excluding carboxylic acids is 1. The van der Waals surface area contributed by atoms with Crippen molar-refractivity contribution >= 4 is 17.3 Å². The number of anilines is 1. The molecule has 1 N–H and O–H groups in total. The lowest BCUT2D eigenvalue weighted by Gasteiger charge is -2.24. The van der Waals surface area contributed by atoms with Crippen LogP contribution in [0.4, 0.5) is 11.4 Å². The standard InChI is InChI=1S/C15H19N3O5/c1-22-14-5-4-12(11-13(14)18(20)21)16-15(19)3-2-6-17-7-9-23-10-8-17/h2-5,11H,6-10H2,1H3,(H,16,19)/b3-2+. The minimum atomic E-state index is -0.553. The summed E-state index contributed by atoms with van der Waals surface area (Å²) in [6, 6.07) is 4.28. The molecule has 1 heterocycles. The molecule has 8 nitrogen and oxygen atoms in total. The number of ether oxygens (including phenoxy) is 2. The average Bonchev–Trinajstić information content (AvgIpc) is 2.55. The van der Waals surface area contributed by atoms with Crippen molar-refractivity contribution in [3.8, 4) is 5.75 Å². The zero-order valence-electron chi connectivity index (χ0n) is 12.9. The number of nitro benzene ring substituents is 1. The molecule has 1 aromatic rings. The number of nitrogens with zero attached hydrogens (tertiary/aromatic N) is 2. The van der Waals surface area contributed by atoms with Crippen molar-refractivity contribution in [1.29, 1.82) is 0 Å². The summed E-state index contributed by atoms with van der Waals surface area (Å²) >= 11 is 0. The van der Waals surface area contributed by atoms with E-state index < -0.39 is 4.92 Å². The first-order valence-corrected chi connectivity index (χ1v) is 7.20. The third kappa shape index (κ3) is 5.04. The highest BCUT2D eigenvalue weighted by Crippen LogP contribution is 2.29. The van der Waals surface area contributed by atoms with Crippen molar-refractivity contribution in [2.75, 3.05) is 45.3 Å². The van der Waals surface area contributed by atoms with Crippen LogP contribution in [0.2, 0.25) is 0 Å². The van der Waals surface area contributed by atoms with E-state index in [0.717, 1.165) is 13.1 Å². The van der Waals surface area contributed by atoms with Gasteiger partial charge in [0.1, 0.15) is 0 Å². The Morgan fingerprint density at radius 1 is 1.48 bits per heavy atom. The van der Waals surface area contributed by atoms with Crippen LogP contribution in [-0.4, -0.2) is 55.7 Å². The van der Waals surface area contributed by atoms with Gasteiger partial charge in [-0.2, -0.15) is 0 Å². The fourth-order valence-corrected chi connectivity index (χ4v) is 2.19. The third-order valence-electron chi connectivity index (χ3n) is 3.38. The summed E-state index contributed by atoms with van der Waals surface area (Å²) in [7, 11) is 1.36. The van der Waals surface area contributed by atoms with Gasteiger partial charge in [-0.3, -0.25) is 19.8 Å². The molecule has 1 aliphatic rings. The van der Waals surface area contributed by atoms with E-state index in [9.17, 15) is 14.9 Å². The fraction of sp³-hybridized carbons (Fsp3) is 0.400. The minimum absolute atomic E-state index is 0.149. The van der Waals surface area contributed by atoms with Gasteiger partial charge in [-0.05, 0) is 12.1 Å². The Hall–Kier alpha value is -2.45. The Morgan fingerprint density at radius 2 is 2.22 bits per heavy atom. The van der Waals surface area contributed by atoms with Crippen molar-refractivity contribution in [2.24, 2.45) is 0 Å². The number of rotatable bonds is 6. The van der Waals surface area contributed by atoms with E-state index >= 15 is 0 Å². The van der Waals surface area contributed by atoms with Crippen LogP contribution in [0.15, 0.2) is 30.4 Å². The highest BCUT2D eigenvalue weighted by molar-refractivity contribution is 5.99. The van der Waals surface area contributed by atoms with Gasteiger partial charge in [-0.25, -0.2) is 0 Å². The van der Waals surface area contributed by atoms with Gasteiger partial charge in [0.25, 0.3) is 0 Å². The van der Waals surface area contributed by atoms with Crippen molar-refractivity contribution < 1.29 is 19.2 Å². The summed E-state index contributed by atoms with van der Waals surface area (Å²) in [5, 5.41) is 13.5. The van der Waals surface area contributed by atoms with Crippen LogP contribution in [0.3, 0.4) is 0 Å². The molecule has 0 aromatic heterocycles. The predicted octanol–water partition coefficient (Wildman–Crippen LogP) is 1.43. The van der Waals surface area contributed by atoms with Gasteiger partial charge in [0.05, 0.1) is 25.2 Å². The molecular formula is C15H19N3O5. The van der Waals surface area contributed by atoms with Gasteiger partial charge >= 0.3 is 5.69 Å². The maximum absolute atomic E-state index is 11.8. The molecule has 0 atom stereocenters. The molecule has 124 valence electrons. The number of nitrogens with one attached hydrogen (secondary N) is 1. The van der Waals surface area contributed by atoms with Crippen LogP contribution < -0.4 is 10.1 Å². The first-order valence-electron chi connectivity index (χ1n) is 7.20. The molecule has 0 spiro atoms. The van der Waals surface area contributed by atoms with Crippen molar-refractivity contribution in [3.05, 3.63) is 40.5 Å². The van der Waals surface area contributed by atoms with Gasteiger partial charge in [0.15, 0.2) is 5.75 Å². The second-order valence-electron chi connectivity index (χ2n) is 4.95. The molecule has 1 aromatic carbocycles. The van der Waals surface area contributed by atoms with Crippen molar-refractivity contribution in [1.82, 2.24) is 4.90 Å². The molecule has 1 fully saturated rings. The zero-order valence-corrected chi connectivity index (χ0v) is 12.9. The van der Waals surface area contributed by atoms with Crippen LogP contribution in [0.1, 0.15) is 0 Å². The SMILES string of the molecule is COc1ccc(NC(=O)/C=C/CN2CCOCC2)cc1[N+](=O)[O-]. The normalized spacial score (nSPS) is 15.5. The molecule has 1 saturated heterocycles. The van der Waals surface area contributed by atoms with Gasteiger partial charge in [-0.15, -0.1) is 0 Å². The number of methoxy groups -OCH3 is 1. The van der Waals surface area contributed by atoms with E-state index in [1.165, 1.54) is 25.3 Å². The summed E-state index contributed by atoms with van der Waals surface area (Å²) in [4.78, 5) is 24.4. The first-order chi connectivity index (χ1) is 11.1.